The lowest BCUT2D eigenvalue weighted by atomic mass is 10.1. The van der Waals surface area contributed by atoms with Crippen molar-refractivity contribution >= 4 is 16.8 Å². The Balaban J connectivity index is 2.00. The zero-order chi connectivity index (χ0) is 14.1. The Morgan fingerprint density at radius 1 is 1.35 bits per heavy atom. The van der Waals surface area contributed by atoms with E-state index < -0.39 is 0 Å². The van der Waals surface area contributed by atoms with E-state index in [4.69, 9.17) is 4.98 Å². The summed E-state index contributed by atoms with van der Waals surface area (Å²) in [6, 6.07) is 9.88. The van der Waals surface area contributed by atoms with Crippen molar-refractivity contribution in [2.75, 3.05) is 6.54 Å². The van der Waals surface area contributed by atoms with E-state index in [9.17, 15) is 4.79 Å². The summed E-state index contributed by atoms with van der Waals surface area (Å²) in [7, 11) is 0. The standard InChI is InChI=1S/C17H20N2O/c1-11(2)10-18-17(20)14-9-16(12-7-8-12)19-15-6-4-3-5-13(14)15/h3-6,9,11-12H,7-8,10H2,1-2H3,(H,18,20). The van der Waals surface area contributed by atoms with Crippen LogP contribution in [0.15, 0.2) is 30.3 Å². The zero-order valence-electron chi connectivity index (χ0n) is 12.0. The highest BCUT2D eigenvalue weighted by Crippen LogP contribution is 2.40. The molecule has 1 aliphatic carbocycles. The first-order valence-corrected chi connectivity index (χ1v) is 7.33. The minimum absolute atomic E-state index is 0.0131. The van der Waals surface area contributed by atoms with Gasteiger partial charge in [-0.2, -0.15) is 0 Å². The first-order valence-electron chi connectivity index (χ1n) is 7.33. The molecule has 3 rings (SSSR count). The fraction of sp³-hybridized carbons (Fsp3) is 0.412. The third kappa shape index (κ3) is 2.67. The minimum atomic E-state index is 0.0131. The summed E-state index contributed by atoms with van der Waals surface area (Å²) >= 11 is 0. The average molecular weight is 268 g/mol. The molecule has 0 aliphatic heterocycles. The van der Waals surface area contributed by atoms with Crippen LogP contribution in [0.3, 0.4) is 0 Å². The molecule has 1 aliphatic rings. The van der Waals surface area contributed by atoms with Crippen molar-refractivity contribution in [3.63, 3.8) is 0 Å². The Labute approximate surface area is 119 Å². The van der Waals surface area contributed by atoms with Crippen LogP contribution in [0.25, 0.3) is 10.9 Å². The summed E-state index contributed by atoms with van der Waals surface area (Å²) < 4.78 is 0. The van der Waals surface area contributed by atoms with Crippen LogP contribution in [0.5, 0.6) is 0 Å². The van der Waals surface area contributed by atoms with E-state index in [1.54, 1.807) is 0 Å². The molecule has 0 saturated heterocycles. The van der Waals surface area contributed by atoms with Crippen LogP contribution in [-0.2, 0) is 0 Å². The van der Waals surface area contributed by atoms with Gasteiger partial charge in [0.15, 0.2) is 0 Å². The second-order valence-electron chi connectivity index (χ2n) is 5.99. The van der Waals surface area contributed by atoms with Crippen molar-refractivity contribution in [1.29, 1.82) is 0 Å². The molecule has 3 heteroatoms. The highest BCUT2D eigenvalue weighted by molar-refractivity contribution is 6.06. The number of carbonyl (C=O) groups excluding carboxylic acids is 1. The van der Waals surface area contributed by atoms with Gasteiger partial charge in [0.2, 0.25) is 0 Å². The smallest absolute Gasteiger partial charge is 0.252 e. The number of amides is 1. The number of hydrogen-bond donors (Lipinski definition) is 1. The molecule has 20 heavy (non-hydrogen) atoms. The van der Waals surface area contributed by atoms with Crippen molar-refractivity contribution in [3.05, 3.63) is 41.6 Å². The van der Waals surface area contributed by atoms with Crippen molar-refractivity contribution in [1.82, 2.24) is 10.3 Å². The van der Waals surface area contributed by atoms with E-state index in [0.717, 1.165) is 22.2 Å². The minimum Gasteiger partial charge on any atom is -0.352 e. The highest BCUT2D eigenvalue weighted by atomic mass is 16.1. The van der Waals surface area contributed by atoms with Gasteiger partial charge in [-0.15, -0.1) is 0 Å². The Bertz CT molecular complexity index is 644. The molecule has 3 nitrogen and oxygen atoms in total. The first-order chi connectivity index (χ1) is 9.65. The predicted molar refractivity (Wildman–Crippen MR) is 80.9 cm³/mol. The van der Waals surface area contributed by atoms with Gasteiger partial charge in [-0.3, -0.25) is 9.78 Å². The molecule has 104 valence electrons. The highest BCUT2D eigenvalue weighted by Gasteiger charge is 2.26. The van der Waals surface area contributed by atoms with Gasteiger partial charge in [-0.25, -0.2) is 0 Å². The van der Waals surface area contributed by atoms with E-state index in [0.29, 0.717) is 18.4 Å². The number of aromatic nitrogens is 1. The average Bonchev–Trinajstić information content (AvgIpc) is 3.28. The summed E-state index contributed by atoms with van der Waals surface area (Å²) in [5.41, 5.74) is 2.75. The van der Waals surface area contributed by atoms with E-state index >= 15 is 0 Å². The molecule has 1 aromatic heterocycles. The van der Waals surface area contributed by atoms with Gasteiger partial charge in [0.25, 0.3) is 5.91 Å². The summed E-state index contributed by atoms with van der Waals surface area (Å²) in [6.45, 7) is 4.90. The Morgan fingerprint density at radius 2 is 2.10 bits per heavy atom. The lowest BCUT2D eigenvalue weighted by molar-refractivity contribution is 0.0950. The number of para-hydroxylation sites is 1. The summed E-state index contributed by atoms with van der Waals surface area (Å²) in [4.78, 5) is 17.1. The Morgan fingerprint density at radius 3 is 2.80 bits per heavy atom. The number of carbonyl (C=O) groups is 1. The largest absolute Gasteiger partial charge is 0.352 e. The van der Waals surface area contributed by atoms with Gasteiger partial charge in [-0.1, -0.05) is 32.0 Å². The third-order valence-electron chi connectivity index (χ3n) is 3.65. The second-order valence-corrected chi connectivity index (χ2v) is 5.99. The molecule has 0 atom stereocenters. The van der Waals surface area contributed by atoms with Crippen LogP contribution in [0, 0.1) is 5.92 Å². The molecule has 1 amide bonds. The maximum atomic E-state index is 12.4. The normalized spacial score (nSPS) is 14.8. The second kappa shape index (κ2) is 5.23. The van der Waals surface area contributed by atoms with E-state index in [1.807, 2.05) is 30.3 Å². The monoisotopic (exact) mass is 268 g/mol. The van der Waals surface area contributed by atoms with Gasteiger partial charge in [0, 0.05) is 23.5 Å². The van der Waals surface area contributed by atoms with Crippen molar-refractivity contribution < 1.29 is 4.79 Å². The van der Waals surface area contributed by atoms with Gasteiger partial charge in [0.1, 0.15) is 0 Å². The molecule has 1 N–H and O–H groups in total. The lowest BCUT2D eigenvalue weighted by Gasteiger charge is -2.11. The van der Waals surface area contributed by atoms with Gasteiger partial charge < -0.3 is 5.32 Å². The van der Waals surface area contributed by atoms with Crippen LogP contribution in [0.4, 0.5) is 0 Å². The number of fused-ring (bicyclic) bond motifs is 1. The predicted octanol–water partition coefficient (Wildman–Crippen LogP) is 3.50. The van der Waals surface area contributed by atoms with Gasteiger partial charge in [0.05, 0.1) is 11.1 Å². The molecule has 2 aromatic rings. The van der Waals surface area contributed by atoms with Crippen LogP contribution in [-0.4, -0.2) is 17.4 Å². The van der Waals surface area contributed by atoms with Crippen molar-refractivity contribution in [2.45, 2.75) is 32.6 Å². The molecule has 1 fully saturated rings. The molecule has 1 aromatic carbocycles. The molecule has 1 heterocycles. The molecular formula is C17H20N2O. The number of nitrogens with one attached hydrogen (secondary N) is 1. The third-order valence-corrected chi connectivity index (χ3v) is 3.65. The van der Waals surface area contributed by atoms with E-state index in [2.05, 4.69) is 19.2 Å². The SMILES string of the molecule is CC(C)CNC(=O)c1cc(C2CC2)nc2ccccc12. The van der Waals surface area contributed by atoms with Crippen LogP contribution in [0.1, 0.15) is 48.7 Å². The van der Waals surface area contributed by atoms with Crippen molar-refractivity contribution in [3.8, 4) is 0 Å². The maximum absolute atomic E-state index is 12.4. The maximum Gasteiger partial charge on any atom is 0.252 e. The topological polar surface area (TPSA) is 42.0 Å². The molecule has 0 unspecified atom stereocenters. The number of hydrogen-bond acceptors (Lipinski definition) is 2. The molecule has 1 saturated carbocycles. The number of pyridine rings is 1. The van der Waals surface area contributed by atoms with Crippen LogP contribution >= 0.6 is 0 Å². The number of benzene rings is 1. The number of nitrogens with zero attached hydrogens (tertiary/aromatic N) is 1. The molecule has 0 radical (unpaired) electrons. The van der Waals surface area contributed by atoms with Gasteiger partial charge in [-0.05, 0) is 30.9 Å². The fourth-order valence-electron chi connectivity index (χ4n) is 2.36. The van der Waals surface area contributed by atoms with Crippen LogP contribution in [0.2, 0.25) is 0 Å². The van der Waals surface area contributed by atoms with Gasteiger partial charge >= 0.3 is 0 Å². The summed E-state index contributed by atoms with van der Waals surface area (Å²) in [6.07, 6.45) is 2.39. The number of rotatable bonds is 4. The Hall–Kier alpha value is -1.90. The van der Waals surface area contributed by atoms with E-state index in [1.165, 1.54) is 12.8 Å². The molecular weight excluding hydrogens is 248 g/mol. The van der Waals surface area contributed by atoms with E-state index in [-0.39, 0.29) is 5.91 Å². The molecule has 0 bridgehead atoms. The molecule has 0 spiro atoms. The summed E-state index contributed by atoms with van der Waals surface area (Å²) in [5.74, 6) is 1.02. The van der Waals surface area contributed by atoms with Crippen LogP contribution < -0.4 is 5.32 Å². The summed E-state index contributed by atoms with van der Waals surface area (Å²) in [5, 5.41) is 3.95. The first kappa shape index (κ1) is 13.1. The fourth-order valence-corrected chi connectivity index (χ4v) is 2.36. The zero-order valence-corrected chi connectivity index (χ0v) is 12.0. The van der Waals surface area contributed by atoms with Crippen molar-refractivity contribution in [2.24, 2.45) is 5.92 Å². The Kier molecular flexibility index (Phi) is 3.43. The lowest BCUT2D eigenvalue weighted by Crippen LogP contribution is -2.27. The quantitative estimate of drug-likeness (QED) is 0.922.